The van der Waals surface area contributed by atoms with Gasteiger partial charge < -0.3 is 14.6 Å². The molecule has 1 aromatic heterocycles. The molecule has 0 amide bonds. The predicted octanol–water partition coefficient (Wildman–Crippen LogP) is 5.77. The maximum Gasteiger partial charge on any atom is 0.227 e. The molecule has 1 heterocycles. The summed E-state index contributed by atoms with van der Waals surface area (Å²) >= 11 is 0. The first-order chi connectivity index (χ1) is 16.4. The molecule has 0 bridgehead atoms. The molecular formula is C28H37N3O3. The number of rotatable bonds is 13. The highest BCUT2D eigenvalue weighted by Gasteiger charge is 2.23. The Morgan fingerprint density at radius 3 is 2.50 bits per heavy atom. The van der Waals surface area contributed by atoms with Crippen LogP contribution in [0.2, 0.25) is 0 Å². The smallest absolute Gasteiger partial charge is 0.227 e. The zero-order valence-electron chi connectivity index (χ0n) is 20.8. The third kappa shape index (κ3) is 6.95. The molecule has 0 saturated heterocycles. The first-order valence-electron chi connectivity index (χ1n) is 11.9. The quantitative estimate of drug-likeness (QED) is 0.326. The van der Waals surface area contributed by atoms with Crippen molar-refractivity contribution >= 4 is 0 Å². The summed E-state index contributed by atoms with van der Waals surface area (Å²) < 4.78 is 13.7. The number of aryl methyl sites for hydroxylation is 1. The van der Waals surface area contributed by atoms with Crippen molar-refractivity contribution in [2.75, 3.05) is 20.2 Å². The molecule has 1 atom stereocenters. The molecule has 6 nitrogen and oxygen atoms in total. The highest BCUT2D eigenvalue weighted by molar-refractivity contribution is 5.44. The average Bonchev–Trinajstić information content (AvgIpc) is 3.12. The van der Waals surface area contributed by atoms with Crippen molar-refractivity contribution < 1.29 is 14.6 Å². The monoisotopic (exact) mass is 463 g/mol. The molecule has 0 aliphatic heterocycles. The first-order valence-corrected chi connectivity index (χ1v) is 11.9. The van der Waals surface area contributed by atoms with Crippen LogP contribution in [0.3, 0.4) is 0 Å². The molecular weight excluding hydrogens is 426 g/mol. The van der Waals surface area contributed by atoms with Gasteiger partial charge in [-0.05, 0) is 49.9 Å². The second kappa shape index (κ2) is 12.4. The van der Waals surface area contributed by atoms with Crippen molar-refractivity contribution in [2.24, 2.45) is 5.92 Å². The van der Waals surface area contributed by atoms with Crippen molar-refractivity contribution in [1.82, 2.24) is 14.7 Å². The number of allylic oxidation sites excluding steroid dienone is 1. The van der Waals surface area contributed by atoms with Crippen molar-refractivity contribution in [1.29, 1.82) is 0 Å². The van der Waals surface area contributed by atoms with E-state index in [0.29, 0.717) is 37.1 Å². The number of nitrogens with zero attached hydrogens (tertiary/aromatic N) is 3. The molecule has 6 heteroatoms. The fraction of sp³-hybridized carbons (Fsp3) is 0.393. The van der Waals surface area contributed by atoms with Crippen LogP contribution >= 0.6 is 0 Å². The lowest BCUT2D eigenvalue weighted by Crippen LogP contribution is -2.35. The van der Waals surface area contributed by atoms with Gasteiger partial charge in [0.05, 0.1) is 30.2 Å². The zero-order valence-corrected chi connectivity index (χ0v) is 20.8. The van der Waals surface area contributed by atoms with Crippen LogP contribution in [0.25, 0.3) is 5.69 Å². The van der Waals surface area contributed by atoms with Gasteiger partial charge in [0.15, 0.2) is 0 Å². The summed E-state index contributed by atoms with van der Waals surface area (Å²) in [6.07, 6.45) is 2.94. The maximum atomic E-state index is 10.6. The van der Waals surface area contributed by atoms with Crippen molar-refractivity contribution in [3.8, 4) is 23.1 Å². The molecule has 3 rings (SSSR count). The van der Waals surface area contributed by atoms with Crippen LogP contribution in [0, 0.1) is 12.8 Å². The fourth-order valence-electron chi connectivity index (χ4n) is 3.99. The Bertz CT molecular complexity index is 1050. The Kier molecular flexibility index (Phi) is 9.31. The maximum absolute atomic E-state index is 10.6. The molecule has 1 N–H and O–H groups in total. The lowest BCUT2D eigenvalue weighted by molar-refractivity contribution is 0.0952. The van der Waals surface area contributed by atoms with E-state index in [1.54, 1.807) is 7.11 Å². The van der Waals surface area contributed by atoms with Gasteiger partial charge in [0.1, 0.15) is 11.5 Å². The Morgan fingerprint density at radius 1 is 1.09 bits per heavy atom. The molecule has 182 valence electrons. The van der Waals surface area contributed by atoms with Gasteiger partial charge in [-0.25, -0.2) is 4.68 Å². The third-order valence-electron chi connectivity index (χ3n) is 5.57. The summed E-state index contributed by atoms with van der Waals surface area (Å²) in [6, 6.07) is 17.6. The highest BCUT2D eigenvalue weighted by atomic mass is 16.5. The van der Waals surface area contributed by atoms with Crippen LogP contribution in [0.4, 0.5) is 0 Å². The largest absolute Gasteiger partial charge is 0.497 e. The SMILES string of the molecule is C=CCC[C@H](O)CN(Cc1c(C)nn(-c2ccccc2)c1Oc1cccc(OC)c1)CC(C)C. The van der Waals surface area contributed by atoms with Gasteiger partial charge >= 0.3 is 0 Å². The minimum absolute atomic E-state index is 0.413. The van der Waals surface area contributed by atoms with E-state index in [9.17, 15) is 5.11 Å². The third-order valence-corrected chi connectivity index (χ3v) is 5.57. The van der Waals surface area contributed by atoms with Crippen LogP contribution in [0.1, 0.15) is 37.9 Å². The van der Waals surface area contributed by atoms with Crippen LogP contribution < -0.4 is 9.47 Å². The second-order valence-electron chi connectivity index (χ2n) is 9.01. The van der Waals surface area contributed by atoms with Gasteiger partial charge in [-0.1, -0.05) is 44.2 Å². The second-order valence-corrected chi connectivity index (χ2v) is 9.01. The Labute approximate surface area is 203 Å². The van der Waals surface area contributed by atoms with Crippen LogP contribution in [-0.2, 0) is 6.54 Å². The van der Waals surface area contributed by atoms with Crippen LogP contribution in [0.5, 0.6) is 17.4 Å². The fourth-order valence-corrected chi connectivity index (χ4v) is 3.99. The lowest BCUT2D eigenvalue weighted by Gasteiger charge is -2.27. The number of aliphatic hydroxyl groups is 1. The summed E-state index contributed by atoms with van der Waals surface area (Å²) in [4.78, 5) is 2.29. The van der Waals surface area contributed by atoms with Gasteiger partial charge in [-0.15, -0.1) is 6.58 Å². The van der Waals surface area contributed by atoms with Crippen molar-refractivity contribution in [3.05, 3.63) is 78.5 Å². The molecule has 0 fully saturated rings. The number of hydrogen-bond donors (Lipinski definition) is 1. The minimum Gasteiger partial charge on any atom is -0.497 e. The van der Waals surface area contributed by atoms with Gasteiger partial charge in [-0.2, -0.15) is 5.10 Å². The Morgan fingerprint density at radius 2 is 1.82 bits per heavy atom. The lowest BCUT2D eigenvalue weighted by atomic mass is 10.1. The van der Waals surface area contributed by atoms with E-state index in [2.05, 4.69) is 25.3 Å². The molecule has 34 heavy (non-hydrogen) atoms. The van der Waals surface area contributed by atoms with Gasteiger partial charge in [0.25, 0.3) is 0 Å². The molecule has 0 spiro atoms. The van der Waals surface area contributed by atoms with E-state index in [1.807, 2.05) is 72.3 Å². The van der Waals surface area contributed by atoms with E-state index < -0.39 is 6.10 Å². The van der Waals surface area contributed by atoms with Gasteiger partial charge in [0, 0.05) is 25.7 Å². The summed E-state index contributed by atoms with van der Waals surface area (Å²) in [5.74, 6) is 2.54. The summed E-state index contributed by atoms with van der Waals surface area (Å²) in [7, 11) is 1.64. The molecule has 3 aromatic rings. The summed E-state index contributed by atoms with van der Waals surface area (Å²) in [5, 5.41) is 15.4. The Balaban J connectivity index is 1.98. The number of hydrogen-bond acceptors (Lipinski definition) is 5. The predicted molar refractivity (Wildman–Crippen MR) is 137 cm³/mol. The molecule has 0 unspecified atom stereocenters. The van der Waals surface area contributed by atoms with Gasteiger partial charge in [-0.3, -0.25) is 4.90 Å². The topological polar surface area (TPSA) is 59.8 Å². The number of ether oxygens (including phenoxy) is 2. The Hall–Kier alpha value is -3.09. The van der Waals surface area contributed by atoms with Crippen molar-refractivity contribution in [3.63, 3.8) is 0 Å². The van der Waals surface area contributed by atoms with E-state index in [1.165, 1.54) is 0 Å². The molecule has 0 radical (unpaired) electrons. The molecule has 2 aromatic carbocycles. The highest BCUT2D eigenvalue weighted by Crippen LogP contribution is 2.33. The van der Waals surface area contributed by atoms with E-state index in [-0.39, 0.29) is 0 Å². The van der Waals surface area contributed by atoms with Crippen LogP contribution in [0.15, 0.2) is 67.3 Å². The normalized spacial score (nSPS) is 12.2. The van der Waals surface area contributed by atoms with E-state index in [0.717, 1.165) is 35.7 Å². The number of para-hydroxylation sites is 1. The minimum atomic E-state index is -0.413. The van der Waals surface area contributed by atoms with Gasteiger partial charge in [0.2, 0.25) is 5.88 Å². The summed E-state index contributed by atoms with van der Waals surface area (Å²) in [5.41, 5.74) is 2.83. The average molecular weight is 464 g/mol. The van der Waals surface area contributed by atoms with Crippen LogP contribution in [-0.4, -0.2) is 46.1 Å². The number of aliphatic hydroxyl groups excluding tert-OH is 1. The molecule has 0 aliphatic rings. The molecule has 0 aliphatic carbocycles. The summed E-state index contributed by atoms with van der Waals surface area (Å²) in [6.45, 7) is 12.2. The molecule has 0 saturated carbocycles. The van der Waals surface area contributed by atoms with E-state index >= 15 is 0 Å². The zero-order chi connectivity index (χ0) is 24.5. The van der Waals surface area contributed by atoms with E-state index in [4.69, 9.17) is 14.6 Å². The van der Waals surface area contributed by atoms with Crippen molar-refractivity contribution in [2.45, 2.75) is 46.3 Å². The number of benzene rings is 2. The first kappa shape index (κ1) is 25.5. The number of methoxy groups -OCH3 is 1. The standard InChI is InChI=1S/C28H37N3O3/c1-6-7-14-24(32)19-30(18-21(2)3)20-27-22(4)29-31(23-12-9-8-10-13-23)28(27)34-26-16-11-15-25(17-26)33-5/h6,8-13,15-17,21,24,32H,1,7,14,18-20H2,2-5H3/t24-/m0/s1. The number of aromatic nitrogens is 2.